The number of imidazole rings is 1. The first-order valence-electron chi connectivity index (χ1n) is 14.5. The molecule has 4 atom stereocenters. The van der Waals surface area contributed by atoms with Crippen LogP contribution in [0.3, 0.4) is 0 Å². The normalized spacial score (nSPS) is 24.1. The number of fused-ring (bicyclic) bond motifs is 5. The molecule has 1 N–H and O–H groups in total. The van der Waals surface area contributed by atoms with Crippen LogP contribution < -0.4 is 15.1 Å². The van der Waals surface area contributed by atoms with Crippen LogP contribution in [0.25, 0.3) is 11.2 Å². The van der Waals surface area contributed by atoms with E-state index in [1.165, 1.54) is 0 Å². The van der Waals surface area contributed by atoms with Gasteiger partial charge in [-0.1, -0.05) is 58.9 Å². The third-order valence-corrected chi connectivity index (χ3v) is 13.5. The molecule has 40 heavy (non-hydrogen) atoms. The summed E-state index contributed by atoms with van der Waals surface area (Å²) < 4.78 is 26.6. The van der Waals surface area contributed by atoms with Crippen molar-refractivity contribution in [1.29, 1.82) is 0 Å². The van der Waals surface area contributed by atoms with Crippen LogP contribution in [0.5, 0.6) is 0 Å². The molecule has 2 aliphatic heterocycles. The minimum Gasteiger partial charge on any atom is -0.415 e. The van der Waals surface area contributed by atoms with Crippen LogP contribution in [0.15, 0.2) is 4.79 Å². The van der Waals surface area contributed by atoms with Gasteiger partial charge in [-0.2, -0.15) is 4.98 Å². The molecular formula is C25H52N6O4Si5. The fraction of sp³-hybridized carbons (Fsp3) is 0.800. The van der Waals surface area contributed by atoms with Crippen molar-refractivity contribution in [2.45, 2.75) is 123 Å². The molecule has 0 radical (unpaired) electrons. The molecule has 4 rings (SSSR count). The van der Waals surface area contributed by atoms with Crippen molar-refractivity contribution in [3.63, 3.8) is 0 Å². The lowest BCUT2D eigenvalue weighted by Gasteiger charge is -2.40. The predicted octanol–water partition coefficient (Wildman–Crippen LogP) is 5.52. The van der Waals surface area contributed by atoms with E-state index < -0.39 is 41.3 Å². The summed E-state index contributed by atoms with van der Waals surface area (Å²) in [5, 5.41) is 0. The van der Waals surface area contributed by atoms with Crippen LogP contribution in [0.2, 0.25) is 98.2 Å². The summed E-state index contributed by atoms with van der Waals surface area (Å²) in [7, 11) is -9.64. The number of nitrogens with one attached hydrogen (secondary N) is 1. The summed E-state index contributed by atoms with van der Waals surface area (Å²) in [5.74, 6) is 1.45. The zero-order chi connectivity index (χ0) is 30.4. The smallest absolute Gasteiger partial charge is 0.275 e. The summed E-state index contributed by atoms with van der Waals surface area (Å²) in [6.07, 6.45) is -0.712. The molecule has 2 aromatic rings. The number of ether oxygens (including phenoxy) is 1. The van der Waals surface area contributed by atoms with Gasteiger partial charge in [0.25, 0.3) is 5.56 Å². The van der Waals surface area contributed by atoms with Gasteiger partial charge in [-0.05, 0) is 39.3 Å². The molecule has 10 nitrogen and oxygen atoms in total. The van der Waals surface area contributed by atoms with Crippen LogP contribution >= 0.6 is 0 Å². The Kier molecular flexibility index (Phi) is 7.95. The summed E-state index contributed by atoms with van der Waals surface area (Å²) >= 11 is 0. The van der Waals surface area contributed by atoms with Gasteiger partial charge in [0.05, 0.1) is 18.8 Å². The molecule has 0 saturated carbocycles. The summed E-state index contributed by atoms with van der Waals surface area (Å²) in [6, 6.07) is -0.0462. The third kappa shape index (κ3) is 6.30. The zero-order valence-corrected chi connectivity index (χ0v) is 32.4. The lowest BCUT2D eigenvalue weighted by molar-refractivity contribution is -0.0348. The number of aromatic nitrogens is 4. The van der Waals surface area contributed by atoms with Crippen LogP contribution in [0.1, 0.15) is 6.23 Å². The van der Waals surface area contributed by atoms with Crippen molar-refractivity contribution in [3.05, 3.63) is 10.4 Å². The lowest BCUT2D eigenvalue weighted by Crippen LogP contribution is -2.57. The lowest BCUT2D eigenvalue weighted by atomic mass is 10.1. The minimum absolute atomic E-state index is 0.0462. The molecule has 1 saturated heterocycles. The number of rotatable bonds is 9. The highest BCUT2D eigenvalue weighted by atomic mass is 28.4. The highest BCUT2D eigenvalue weighted by Crippen LogP contribution is 2.48. The maximum absolute atomic E-state index is 14.1. The average molecular weight is 641 g/mol. The van der Waals surface area contributed by atoms with Gasteiger partial charge in [-0.15, -0.1) is 0 Å². The minimum atomic E-state index is -2.11. The predicted molar refractivity (Wildman–Crippen MR) is 179 cm³/mol. The largest absolute Gasteiger partial charge is 0.415 e. The molecule has 4 heterocycles. The number of anilines is 2. The van der Waals surface area contributed by atoms with E-state index in [0.717, 1.165) is 5.95 Å². The number of hydrogen-bond acceptors (Lipinski definition) is 8. The maximum atomic E-state index is 14.1. The first-order chi connectivity index (χ1) is 17.9. The zero-order valence-electron chi connectivity index (χ0n) is 27.4. The molecule has 2 aromatic heterocycles. The molecule has 226 valence electrons. The number of nitrogens with zero attached hydrogens (tertiary/aromatic N) is 5. The van der Waals surface area contributed by atoms with Gasteiger partial charge in [0, 0.05) is 0 Å². The van der Waals surface area contributed by atoms with Gasteiger partial charge in [0.1, 0.15) is 14.3 Å². The van der Waals surface area contributed by atoms with Gasteiger partial charge in [-0.3, -0.25) is 9.36 Å². The molecule has 1 fully saturated rings. The third-order valence-electron chi connectivity index (χ3n) is 6.82. The van der Waals surface area contributed by atoms with Crippen molar-refractivity contribution in [2.75, 3.05) is 16.2 Å². The van der Waals surface area contributed by atoms with E-state index in [1.54, 1.807) is 0 Å². The Labute approximate surface area is 245 Å². The molecule has 15 heteroatoms. The Morgan fingerprint density at radius 2 is 1.45 bits per heavy atom. The summed E-state index contributed by atoms with van der Waals surface area (Å²) in [5.41, 5.74) is 0.961. The Morgan fingerprint density at radius 1 is 0.850 bits per heavy atom. The summed E-state index contributed by atoms with van der Waals surface area (Å²) in [4.78, 5) is 28.0. The maximum Gasteiger partial charge on any atom is 0.275 e. The molecule has 0 amide bonds. The highest BCUT2D eigenvalue weighted by Gasteiger charge is 2.59. The van der Waals surface area contributed by atoms with Crippen LogP contribution in [-0.2, 0) is 13.6 Å². The van der Waals surface area contributed by atoms with Crippen molar-refractivity contribution < 1.29 is 13.6 Å². The number of hydrogen-bond donors (Lipinski definition) is 1. The van der Waals surface area contributed by atoms with Gasteiger partial charge >= 0.3 is 0 Å². The second kappa shape index (κ2) is 9.99. The molecular weight excluding hydrogens is 589 g/mol. The first-order valence-corrected chi connectivity index (χ1v) is 31.7. The van der Waals surface area contributed by atoms with Gasteiger partial charge in [-0.25, -0.2) is 4.98 Å². The van der Waals surface area contributed by atoms with Crippen molar-refractivity contribution in [3.8, 4) is 0 Å². The summed E-state index contributed by atoms with van der Waals surface area (Å²) in [6.45, 7) is 34.0. The second-order valence-electron chi connectivity index (χ2n) is 16.3. The Bertz CT molecular complexity index is 1330. The topological polar surface area (TPSA) is 95.7 Å². The van der Waals surface area contributed by atoms with Crippen LogP contribution in [-0.4, -0.2) is 85.0 Å². The van der Waals surface area contributed by atoms with E-state index >= 15 is 0 Å². The van der Waals surface area contributed by atoms with E-state index in [1.807, 2.05) is 4.23 Å². The van der Waals surface area contributed by atoms with Crippen LogP contribution in [0.4, 0.5) is 11.9 Å². The van der Waals surface area contributed by atoms with Crippen LogP contribution in [0, 0.1) is 0 Å². The molecule has 0 bridgehead atoms. The average Bonchev–Trinajstić information content (AvgIpc) is 3.30. The Hall–Kier alpha value is -1.09. The molecule has 0 spiro atoms. The van der Waals surface area contributed by atoms with Gasteiger partial charge in [0.2, 0.25) is 5.95 Å². The van der Waals surface area contributed by atoms with E-state index in [2.05, 4.69) is 112 Å². The van der Waals surface area contributed by atoms with Gasteiger partial charge < -0.3 is 27.4 Å². The van der Waals surface area contributed by atoms with Crippen molar-refractivity contribution in [1.82, 2.24) is 18.8 Å². The monoisotopic (exact) mass is 640 g/mol. The standard InChI is InChI=1S/C25H52N6O4Si5/c1-36(2,3)28-24-27-21-18(22(32)31(24)38(7,8)9)26-25-29(21)23-19(30(25)37(4,5)6)20(35-40(13,14)15)17(34-23)16-33-39(10,11)12/h17,19-20,23H,16H2,1-15H3,(H,27,28)/t17-,19-,20-,23-/m1/s1. The highest BCUT2D eigenvalue weighted by molar-refractivity contribution is 6.80. The van der Waals surface area contributed by atoms with Crippen molar-refractivity contribution >= 4 is 64.4 Å². The molecule has 0 unspecified atom stereocenters. The quantitative estimate of drug-likeness (QED) is 0.359. The van der Waals surface area contributed by atoms with E-state index in [9.17, 15) is 4.79 Å². The Balaban J connectivity index is 1.96. The van der Waals surface area contributed by atoms with E-state index in [0.29, 0.717) is 23.7 Å². The molecule has 0 aliphatic carbocycles. The fourth-order valence-corrected chi connectivity index (χ4v) is 11.7. The van der Waals surface area contributed by atoms with Crippen molar-refractivity contribution in [2.24, 2.45) is 0 Å². The Morgan fingerprint density at radius 3 is 1.93 bits per heavy atom. The molecule has 0 aromatic carbocycles. The molecule has 2 aliphatic rings. The first kappa shape index (κ1) is 31.8. The second-order valence-corrected chi connectivity index (χ2v) is 39.6. The van der Waals surface area contributed by atoms with Gasteiger partial charge in [0.15, 0.2) is 56.4 Å². The fourth-order valence-electron chi connectivity index (χ4n) is 5.57. The van der Waals surface area contributed by atoms with E-state index in [4.69, 9.17) is 23.6 Å². The van der Waals surface area contributed by atoms with E-state index in [-0.39, 0.29) is 30.0 Å². The SMILES string of the molecule is C[Si](C)(C)Nc1nc2c(nc3n2[C@@H]2O[C@H](CO[Si](C)(C)C)[C@@H](O[Si](C)(C)C)[C@H]2N3[Si](C)(C)C)c(=O)n1[Si](C)(C)C.